The molecule has 3 aromatic rings. The molecule has 0 atom stereocenters. The van der Waals surface area contributed by atoms with Gasteiger partial charge in [0.05, 0.1) is 18.1 Å². The average Bonchev–Trinajstić information content (AvgIpc) is 3.24. The quantitative estimate of drug-likeness (QED) is 0.732. The third-order valence-electron chi connectivity index (χ3n) is 4.79. The Morgan fingerprint density at radius 1 is 1.19 bits per heavy atom. The van der Waals surface area contributed by atoms with E-state index in [0.717, 1.165) is 47.1 Å². The van der Waals surface area contributed by atoms with Crippen molar-refractivity contribution >= 4 is 17.4 Å². The van der Waals surface area contributed by atoms with Crippen LogP contribution in [0.5, 0.6) is 0 Å². The molecule has 2 aliphatic carbocycles. The van der Waals surface area contributed by atoms with E-state index in [2.05, 4.69) is 32.6 Å². The SMILES string of the molecule is Nc1nnc(-c2ccc3c(c2)C(c2cncc(NCC4CC4)n2)=CC3)o1. The number of hydrogen-bond donors (Lipinski definition) is 2. The van der Waals surface area contributed by atoms with Crippen molar-refractivity contribution in [1.29, 1.82) is 0 Å². The van der Waals surface area contributed by atoms with E-state index < -0.39 is 0 Å². The van der Waals surface area contributed by atoms with Crippen LogP contribution < -0.4 is 11.1 Å². The van der Waals surface area contributed by atoms with E-state index in [1.54, 1.807) is 12.4 Å². The van der Waals surface area contributed by atoms with Crippen LogP contribution in [0.1, 0.15) is 29.7 Å². The molecule has 5 rings (SSSR count). The van der Waals surface area contributed by atoms with E-state index in [4.69, 9.17) is 15.1 Å². The van der Waals surface area contributed by atoms with Crippen molar-refractivity contribution in [3.8, 4) is 11.5 Å². The van der Waals surface area contributed by atoms with Gasteiger partial charge in [-0.05, 0) is 48.4 Å². The number of fused-ring (bicyclic) bond motifs is 1. The number of rotatable bonds is 5. The largest absolute Gasteiger partial charge is 0.404 e. The lowest BCUT2D eigenvalue weighted by Gasteiger charge is -2.09. The number of anilines is 2. The minimum absolute atomic E-state index is 0.0663. The molecule has 3 N–H and O–H groups in total. The molecule has 0 saturated heterocycles. The van der Waals surface area contributed by atoms with Gasteiger partial charge in [-0.15, -0.1) is 5.10 Å². The third-order valence-corrected chi connectivity index (χ3v) is 4.79. The maximum atomic E-state index is 5.54. The van der Waals surface area contributed by atoms with Crippen LogP contribution in [0.25, 0.3) is 17.0 Å². The number of benzene rings is 1. The summed E-state index contributed by atoms with van der Waals surface area (Å²) in [6.45, 7) is 0.969. The molecule has 7 heteroatoms. The maximum Gasteiger partial charge on any atom is 0.313 e. The van der Waals surface area contributed by atoms with Crippen molar-refractivity contribution in [2.45, 2.75) is 19.3 Å². The summed E-state index contributed by atoms with van der Waals surface area (Å²) in [6, 6.07) is 6.17. The van der Waals surface area contributed by atoms with Crippen LogP contribution in [-0.4, -0.2) is 26.7 Å². The first kappa shape index (κ1) is 15.1. The third kappa shape index (κ3) is 2.81. The zero-order valence-corrected chi connectivity index (χ0v) is 14.1. The molecule has 0 spiro atoms. The van der Waals surface area contributed by atoms with Gasteiger partial charge in [0.15, 0.2) is 0 Å². The highest BCUT2D eigenvalue weighted by Crippen LogP contribution is 2.35. The van der Waals surface area contributed by atoms with Gasteiger partial charge in [-0.25, -0.2) is 4.98 Å². The molecule has 0 bridgehead atoms. The van der Waals surface area contributed by atoms with Crippen LogP contribution in [0, 0.1) is 5.92 Å². The zero-order valence-electron chi connectivity index (χ0n) is 14.1. The lowest BCUT2D eigenvalue weighted by Crippen LogP contribution is -2.06. The topological polar surface area (TPSA) is 103 Å². The number of hydrogen-bond acceptors (Lipinski definition) is 7. The lowest BCUT2D eigenvalue weighted by molar-refractivity contribution is 0.590. The van der Waals surface area contributed by atoms with E-state index in [1.807, 2.05) is 12.1 Å². The zero-order chi connectivity index (χ0) is 17.5. The molecule has 26 heavy (non-hydrogen) atoms. The average molecular weight is 346 g/mol. The summed E-state index contributed by atoms with van der Waals surface area (Å²) in [7, 11) is 0. The van der Waals surface area contributed by atoms with Crippen LogP contribution >= 0.6 is 0 Å². The second kappa shape index (κ2) is 5.94. The fourth-order valence-corrected chi connectivity index (χ4v) is 3.21. The Labute approximate surface area is 150 Å². The van der Waals surface area contributed by atoms with Gasteiger partial charge in [-0.1, -0.05) is 17.2 Å². The first-order valence-corrected chi connectivity index (χ1v) is 8.75. The summed E-state index contributed by atoms with van der Waals surface area (Å²) in [5.41, 5.74) is 10.7. The van der Waals surface area contributed by atoms with E-state index in [9.17, 15) is 0 Å². The molecule has 7 nitrogen and oxygen atoms in total. The molecule has 0 aliphatic heterocycles. The van der Waals surface area contributed by atoms with Gasteiger partial charge < -0.3 is 15.5 Å². The van der Waals surface area contributed by atoms with Gasteiger partial charge in [0, 0.05) is 17.7 Å². The highest BCUT2D eigenvalue weighted by Gasteiger charge is 2.22. The molecule has 2 aromatic heterocycles. The van der Waals surface area contributed by atoms with E-state index >= 15 is 0 Å². The monoisotopic (exact) mass is 346 g/mol. The highest BCUT2D eigenvalue weighted by atomic mass is 16.4. The first-order chi connectivity index (χ1) is 12.8. The van der Waals surface area contributed by atoms with E-state index in [0.29, 0.717) is 5.89 Å². The van der Waals surface area contributed by atoms with Crippen LogP contribution in [0.2, 0.25) is 0 Å². The van der Waals surface area contributed by atoms with Crippen molar-refractivity contribution < 1.29 is 4.42 Å². The van der Waals surface area contributed by atoms with Crippen molar-refractivity contribution in [2.24, 2.45) is 5.92 Å². The molecule has 0 unspecified atom stereocenters. The standard InChI is InChI=1S/C19H18N6O/c20-19-25-24-18(26-19)13-4-3-12-5-6-14(15(12)7-13)16-9-21-10-17(23-16)22-8-11-1-2-11/h3-4,6-7,9-11H,1-2,5,8H2,(H2,20,25)(H,22,23). The van der Waals surface area contributed by atoms with E-state index in [1.165, 1.54) is 18.4 Å². The Kier molecular flexibility index (Phi) is 3.44. The molecule has 0 amide bonds. The van der Waals surface area contributed by atoms with Crippen LogP contribution in [-0.2, 0) is 6.42 Å². The van der Waals surface area contributed by atoms with E-state index in [-0.39, 0.29) is 6.01 Å². The molecule has 1 saturated carbocycles. The summed E-state index contributed by atoms with van der Waals surface area (Å²) >= 11 is 0. The summed E-state index contributed by atoms with van der Waals surface area (Å²) < 4.78 is 5.35. The molecule has 2 aliphatic rings. The summed E-state index contributed by atoms with van der Waals surface area (Å²) in [4.78, 5) is 9.11. The molecular formula is C19H18N6O. The number of aromatic nitrogens is 4. The van der Waals surface area contributed by atoms with Gasteiger partial charge in [-0.2, -0.15) is 0 Å². The minimum atomic E-state index is 0.0663. The summed E-state index contributed by atoms with van der Waals surface area (Å²) in [5.74, 6) is 2.03. The smallest absolute Gasteiger partial charge is 0.313 e. The minimum Gasteiger partial charge on any atom is -0.404 e. The Morgan fingerprint density at radius 2 is 2.12 bits per heavy atom. The molecule has 2 heterocycles. The first-order valence-electron chi connectivity index (χ1n) is 8.75. The van der Waals surface area contributed by atoms with Gasteiger partial charge in [0.25, 0.3) is 0 Å². The lowest BCUT2D eigenvalue weighted by atomic mass is 10.0. The van der Waals surface area contributed by atoms with Gasteiger partial charge in [-0.3, -0.25) is 4.98 Å². The number of nitrogens with zero attached hydrogens (tertiary/aromatic N) is 4. The summed E-state index contributed by atoms with van der Waals surface area (Å²) in [6.07, 6.45) is 9.26. The predicted molar refractivity (Wildman–Crippen MR) is 98.2 cm³/mol. The molecule has 130 valence electrons. The second-order valence-corrected chi connectivity index (χ2v) is 6.75. The number of nitrogens with one attached hydrogen (secondary N) is 1. The second-order valence-electron chi connectivity index (χ2n) is 6.75. The maximum absolute atomic E-state index is 5.54. The number of nitrogen functional groups attached to an aromatic ring is 1. The van der Waals surface area contributed by atoms with Crippen molar-refractivity contribution in [3.05, 3.63) is 53.5 Å². The van der Waals surface area contributed by atoms with Gasteiger partial charge in [0.2, 0.25) is 5.89 Å². The van der Waals surface area contributed by atoms with Crippen LogP contribution in [0.15, 0.2) is 41.1 Å². The van der Waals surface area contributed by atoms with Crippen molar-refractivity contribution in [3.63, 3.8) is 0 Å². The Hall–Kier alpha value is -3.22. The molecule has 1 fully saturated rings. The fraction of sp³-hybridized carbons (Fsp3) is 0.263. The van der Waals surface area contributed by atoms with Crippen molar-refractivity contribution in [2.75, 3.05) is 17.6 Å². The Balaban J connectivity index is 1.46. The Morgan fingerprint density at radius 3 is 2.92 bits per heavy atom. The fourth-order valence-electron chi connectivity index (χ4n) is 3.21. The summed E-state index contributed by atoms with van der Waals surface area (Å²) in [5, 5.41) is 11.1. The predicted octanol–water partition coefficient (Wildman–Crippen LogP) is 2.92. The molecule has 1 aromatic carbocycles. The van der Waals surface area contributed by atoms with Crippen LogP contribution in [0.3, 0.4) is 0 Å². The molecule has 0 radical (unpaired) electrons. The molecular weight excluding hydrogens is 328 g/mol. The van der Waals surface area contributed by atoms with Gasteiger partial charge in [0.1, 0.15) is 5.82 Å². The normalized spacial score (nSPS) is 15.6. The van der Waals surface area contributed by atoms with Crippen LogP contribution in [0.4, 0.5) is 11.8 Å². The van der Waals surface area contributed by atoms with Crippen molar-refractivity contribution in [1.82, 2.24) is 20.2 Å². The number of nitrogens with two attached hydrogens (primary N) is 1. The number of allylic oxidation sites excluding steroid dienone is 1. The van der Waals surface area contributed by atoms with Gasteiger partial charge >= 0.3 is 6.01 Å². The highest BCUT2D eigenvalue weighted by molar-refractivity contribution is 5.85. The Bertz CT molecular complexity index is 1000.